The molecule has 1 aromatic heterocycles. The molecular formula is C22H22N2. The van der Waals surface area contributed by atoms with E-state index in [0.29, 0.717) is 0 Å². The Morgan fingerprint density at radius 2 is 1.46 bits per heavy atom. The van der Waals surface area contributed by atoms with Crippen LogP contribution < -0.4 is 0 Å². The Balaban J connectivity index is 1.83. The second-order valence-electron chi connectivity index (χ2n) is 6.43. The lowest BCUT2D eigenvalue weighted by Gasteiger charge is -2.06. The summed E-state index contributed by atoms with van der Waals surface area (Å²) in [6.07, 6.45) is 4.71. The fourth-order valence-electron chi connectivity index (χ4n) is 2.67. The zero-order valence-electron chi connectivity index (χ0n) is 14.5. The largest absolute Gasteiger partial charge is 0.236 e. The van der Waals surface area contributed by atoms with Crippen LogP contribution >= 0.6 is 0 Å². The van der Waals surface area contributed by atoms with E-state index in [-0.39, 0.29) is 0 Å². The molecule has 0 saturated carbocycles. The first-order valence-corrected chi connectivity index (χ1v) is 8.16. The van der Waals surface area contributed by atoms with Crippen molar-refractivity contribution in [1.29, 1.82) is 0 Å². The van der Waals surface area contributed by atoms with Crippen molar-refractivity contribution >= 4 is 0 Å². The molecule has 0 atom stereocenters. The highest BCUT2D eigenvalue weighted by Crippen LogP contribution is 2.22. The number of aryl methyl sites for hydroxylation is 2. The average molecular weight is 314 g/mol. The van der Waals surface area contributed by atoms with Gasteiger partial charge in [-0.25, -0.2) is 9.97 Å². The highest BCUT2D eigenvalue weighted by Gasteiger charge is 2.05. The Kier molecular flexibility index (Phi) is 4.57. The van der Waals surface area contributed by atoms with Crippen molar-refractivity contribution in [3.63, 3.8) is 0 Å². The van der Waals surface area contributed by atoms with Crippen LogP contribution in [-0.4, -0.2) is 9.97 Å². The molecule has 0 aliphatic rings. The minimum atomic E-state index is 0.765. The molecule has 120 valence electrons. The molecule has 2 nitrogen and oxygen atoms in total. The normalized spacial score (nSPS) is 10.6. The van der Waals surface area contributed by atoms with Crippen LogP contribution in [0.15, 0.2) is 67.0 Å². The molecule has 0 bridgehead atoms. The van der Waals surface area contributed by atoms with Gasteiger partial charge < -0.3 is 0 Å². The Morgan fingerprint density at radius 1 is 0.833 bits per heavy atom. The minimum absolute atomic E-state index is 0.765. The van der Waals surface area contributed by atoms with E-state index in [9.17, 15) is 0 Å². The van der Waals surface area contributed by atoms with Gasteiger partial charge in [0.1, 0.15) is 0 Å². The zero-order valence-corrected chi connectivity index (χ0v) is 14.5. The van der Waals surface area contributed by atoms with Gasteiger partial charge in [0.05, 0.1) is 0 Å². The summed E-state index contributed by atoms with van der Waals surface area (Å²) in [7, 11) is 0. The highest BCUT2D eigenvalue weighted by molar-refractivity contribution is 5.64. The topological polar surface area (TPSA) is 25.8 Å². The third-order valence-electron chi connectivity index (χ3n) is 4.21. The maximum Gasteiger partial charge on any atom is 0.159 e. The van der Waals surface area contributed by atoms with Gasteiger partial charge in [0.25, 0.3) is 0 Å². The van der Waals surface area contributed by atoms with E-state index in [0.717, 1.165) is 28.9 Å². The lowest BCUT2D eigenvalue weighted by molar-refractivity contribution is 1.15. The van der Waals surface area contributed by atoms with Crippen molar-refractivity contribution in [3.8, 4) is 22.5 Å². The molecule has 3 aromatic rings. The first kappa shape index (κ1) is 16.1. The Labute approximate surface area is 143 Å². The van der Waals surface area contributed by atoms with Crippen molar-refractivity contribution < 1.29 is 0 Å². The number of nitrogens with zero attached hydrogens (tertiary/aromatic N) is 2. The van der Waals surface area contributed by atoms with Crippen LogP contribution in [0.5, 0.6) is 0 Å². The minimum Gasteiger partial charge on any atom is -0.236 e. The zero-order chi connectivity index (χ0) is 17.1. The molecule has 3 rings (SSSR count). The Bertz CT molecular complexity index is 859. The van der Waals surface area contributed by atoms with Gasteiger partial charge in [-0.2, -0.15) is 0 Å². The molecule has 0 unspecified atom stereocenters. The van der Waals surface area contributed by atoms with Crippen LogP contribution in [0.1, 0.15) is 23.6 Å². The Hall–Kier alpha value is -2.74. The van der Waals surface area contributed by atoms with Gasteiger partial charge in [-0.15, -0.1) is 0 Å². The summed E-state index contributed by atoms with van der Waals surface area (Å²) < 4.78 is 0. The molecule has 2 aromatic carbocycles. The maximum atomic E-state index is 4.54. The predicted molar refractivity (Wildman–Crippen MR) is 101 cm³/mol. The van der Waals surface area contributed by atoms with Crippen LogP contribution in [0.2, 0.25) is 0 Å². The quantitative estimate of drug-likeness (QED) is 0.590. The summed E-state index contributed by atoms with van der Waals surface area (Å²) in [4.78, 5) is 9.08. The lowest BCUT2D eigenvalue weighted by atomic mass is 10.0. The SMILES string of the molecule is C=C(C)Cc1ccc(-c2cnc(-c3ccc(C)c(C)c3)nc2)cc1. The van der Waals surface area contributed by atoms with Crippen molar-refractivity contribution in [2.24, 2.45) is 0 Å². The van der Waals surface area contributed by atoms with Crippen molar-refractivity contribution in [1.82, 2.24) is 9.97 Å². The van der Waals surface area contributed by atoms with E-state index in [1.54, 1.807) is 0 Å². The molecule has 0 N–H and O–H groups in total. The molecule has 1 heterocycles. The molecule has 0 radical (unpaired) electrons. The Morgan fingerprint density at radius 3 is 2.04 bits per heavy atom. The van der Waals surface area contributed by atoms with E-state index >= 15 is 0 Å². The monoisotopic (exact) mass is 314 g/mol. The summed E-state index contributed by atoms with van der Waals surface area (Å²) >= 11 is 0. The van der Waals surface area contributed by atoms with Gasteiger partial charge in [0, 0.05) is 23.5 Å². The molecule has 24 heavy (non-hydrogen) atoms. The molecule has 0 amide bonds. The lowest BCUT2D eigenvalue weighted by Crippen LogP contribution is -1.92. The predicted octanol–water partition coefficient (Wildman–Crippen LogP) is 5.55. The van der Waals surface area contributed by atoms with Gasteiger partial charge in [-0.1, -0.05) is 48.6 Å². The van der Waals surface area contributed by atoms with E-state index < -0.39 is 0 Å². The standard InChI is InChI=1S/C22H22N2/c1-15(2)11-18-6-9-19(10-7-18)21-13-23-22(24-14-21)20-8-5-16(3)17(4)12-20/h5-10,12-14H,1,11H2,2-4H3. The smallest absolute Gasteiger partial charge is 0.159 e. The van der Waals surface area contributed by atoms with E-state index in [4.69, 9.17) is 0 Å². The molecule has 0 fully saturated rings. The van der Waals surface area contributed by atoms with Crippen LogP contribution in [0.25, 0.3) is 22.5 Å². The molecule has 0 saturated heterocycles. The first-order chi connectivity index (χ1) is 11.5. The molecule has 2 heteroatoms. The fraction of sp³-hybridized carbons (Fsp3) is 0.182. The fourth-order valence-corrected chi connectivity index (χ4v) is 2.67. The molecule has 0 spiro atoms. The highest BCUT2D eigenvalue weighted by atomic mass is 14.9. The van der Waals surface area contributed by atoms with E-state index in [1.807, 2.05) is 19.3 Å². The van der Waals surface area contributed by atoms with Crippen molar-refractivity contribution in [2.45, 2.75) is 27.2 Å². The summed E-state index contributed by atoms with van der Waals surface area (Å²) in [6, 6.07) is 14.8. The number of allylic oxidation sites excluding steroid dienone is 1. The van der Waals surface area contributed by atoms with Crippen LogP contribution in [0.3, 0.4) is 0 Å². The van der Waals surface area contributed by atoms with Gasteiger partial charge in [0.2, 0.25) is 0 Å². The number of hydrogen-bond acceptors (Lipinski definition) is 2. The number of rotatable bonds is 4. The number of aromatic nitrogens is 2. The van der Waals surface area contributed by atoms with Gasteiger partial charge >= 0.3 is 0 Å². The summed E-state index contributed by atoms with van der Waals surface area (Å²) in [5.74, 6) is 0.765. The average Bonchev–Trinajstić information content (AvgIpc) is 2.58. The van der Waals surface area contributed by atoms with E-state index in [2.05, 4.69) is 72.9 Å². The van der Waals surface area contributed by atoms with Crippen molar-refractivity contribution in [2.75, 3.05) is 0 Å². The van der Waals surface area contributed by atoms with Crippen LogP contribution in [0, 0.1) is 13.8 Å². The first-order valence-electron chi connectivity index (χ1n) is 8.16. The van der Waals surface area contributed by atoms with Crippen LogP contribution in [0.4, 0.5) is 0 Å². The third-order valence-corrected chi connectivity index (χ3v) is 4.21. The summed E-state index contributed by atoms with van der Waals surface area (Å²) in [6.45, 7) is 10.2. The van der Waals surface area contributed by atoms with Gasteiger partial charge in [-0.05, 0) is 55.5 Å². The van der Waals surface area contributed by atoms with Crippen LogP contribution in [-0.2, 0) is 6.42 Å². The molecule has 0 aliphatic carbocycles. The maximum absolute atomic E-state index is 4.54. The number of benzene rings is 2. The van der Waals surface area contributed by atoms with E-state index in [1.165, 1.54) is 22.3 Å². The second kappa shape index (κ2) is 6.79. The molecular weight excluding hydrogens is 292 g/mol. The van der Waals surface area contributed by atoms with Gasteiger partial charge in [-0.3, -0.25) is 0 Å². The second-order valence-corrected chi connectivity index (χ2v) is 6.43. The molecule has 0 aliphatic heterocycles. The summed E-state index contributed by atoms with van der Waals surface area (Å²) in [5.41, 5.74) is 8.21. The summed E-state index contributed by atoms with van der Waals surface area (Å²) in [5, 5.41) is 0. The third kappa shape index (κ3) is 3.60. The van der Waals surface area contributed by atoms with Gasteiger partial charge in [0.15, 0.2) is 5.82 Å². The van der Waals surface area contributed by atoms with Crippen molar-refractivity contribution in [3.05, 3.63) is 83.7 Å². The number of hydrogen-bond donors (Lipinski definition) is 0.